The van der Waals surface area contributed by atoms with E-state index >= 15 is 0 Å². The molecule has 19 heavy (non-hydrogen) atoms. The van der Waals surface area contributed by atoms with Gasteiger partial charge in [0.25, 0.3) is 0 Å². The summed E-state index contributed by atoms with van der Waals surface area (Å²) in [5.74, 6) is 0. The third-order valence-corrected chi connectivity index (χ3v) is 1.51. The van der Waals surface area contributed by atoms with Gasteiger partial charge < -0.3 is 14.8 Å². The Morgan fingerprint density at radius 2 is 1.32 bits per heavy atom. The van der Waals surface area contributed by atoms with Crippen LogP contribution in [0.3, 0.4) is 0 Å². The van der Waals surface area contributed by atoms with Gasteiger partial charge in [-0.05, 0) is 41.5 Å². The predicted molar refractivity (Wildman–Crippen MR) is 71.6 cm³/mol. The molecule has 0 aromatic heterocycles. The van der Waals surface area contributed by atoms with Gasteiger partial charge in [0.05, 0.1) is 0 Å². The molecule has 2 amide bonds. The summed E-state index contributed by atoms with van der Waals surface area (Å²) in [6.07, 6.45) is -1.06. The fourth-order valence-corrected chi connectivity index (χ4v) is 0.980. The average molecular weight is 275 g/mol. The van der Waals surface area contributed by atoms with Gasteiger partial charge in [-0.25, -0.2) is 15.0 Å². The standard InChI is InChI=1S/C12H25N3O4/c1-11(2,3)18-9(16)13-7-8-14-15-10(17)19-12(4,5)6/h14H,7-8H2,1-6H3,(H,13,16)(H,15,17). The zero-order valence-electron chi connectivity index (χ0n) is 12.5. The maximum Gasteiger partial charge on any atom is 0.422 e. The maximum atomic E-state index is 11.3. The van der Waals surface area contributed by atoms with Crippen molar-refractivity contribution in [3.8, 4) is 0 Å². The topological polar surface area (TPSA) is 88.7 Å². The minimum Gasteiger partial charge on any atom is -0.444 e. The van der Waals surface area contributed by atoms with E-state index < -0.39 is 23.4 Å². The zero-order valence-corrected chi connectivity index (χ0v) is 12.5. The summed E-state index contributed by atoms with van der Waals surface area (Å²) in [6, 6.07) is 0. The summed E-state index contributed by atoms with van der Waals surface area (Å²) in [4.78, 5) is 22.5. The summed E-state index contributed by atoms with van der Waals surface area (Å²) >= 11 is 0. The largest absolute Gasteiger partial charge is 0.444 e. The van der Waals surface area contributed by atoms with Crippen LogP contribution in [-0.4, -0.2) is 36.5 Å². The van der Waals surface area contributed by atoms with Crippen molar-refractivity contribution in [1.82, 2.24) is 16.2 Å². The third kappa shape index (κ3) is 12.7. The van der Waals surface area contributed by atoms with Crippen LogP contribution in [0.1, 0.15) is 41.5 Å². The number of hydrazine groups is 1. The van der Waals surface area contributed by atoms with Gasteiger partial charge in [0.1, 0.15) is 11.2 Å². The van der Waals surface area contributed by atoms with Crippen molar-refractivity contribution < 1.29 is 19.1 Å². The van der Waals surface area contributed by atoms with E-state index in [2.05, 4.69) is 16.2 Å². The number of carbonyl (C=O) groups excluding carboxylic acids is 2. The number of carbonyl (C=O) groups is 2. The van der Waals surface area contributed by atoms with Gasteiger partial charge in [0.15, 0.2) is 0 Å². The van der Waals surface area contributed by atoms with Crippen molar-refractivity contribution in [1.29, 1.82) is 0 Å². The van der Waals surface area contributed by atoms with E-state index in [0.717, 1.165) is 0 Å². The monoisotopic (exact) mass is 275 g/mol. The molecule has 112 valence electrons. The molecule has 0 aromatic rings. The van der Waals surface area contributed by atoms with Gasteiger partial charge in [-0.1, -0.05) is 0 Å². The van der Waals surface area contributed by atoms with Crippen molar-refractivity contribution in [2.24, 2.45) is 0 Å². The summed E-state index contributed by atoms with van der Waals surface area (Å²) in [7, 11) is 0. The van der Waals surface area contributed by atoms with Crippen LogP contribution >= 0.6 is 0 Å². The second kappa shape index (κ2) is 7.18. The summed E-state index contributed by atoms with van der Waals surface area (Å²) in [6.45, 7) is 11.4. The van der Waals surface area contributed by atoms with Crippen molar-refractivity contribution in [2.75, 3.05) is 13.1 Å². The second-order valence-electron chi connectivity index (χ2n) is 5.98. The second-order valence-corrected chi connectivity index (χ2v) is 5.98. The molecule has 0 bridgehead atoms. The van der Waals surface area contributed by atoms with E-state index in [4.69, 9.17) is 9.47 Å². The first kappa shape index (κ1) is 17.5. The highest BCUT2D eigenvalue weighted by Crippen LogP contribution is 2.06. The first-order valence-corrected chi connectivity index (χ1v) is 6.18. The lowest BCUT2D eigenvalue weighted by atomic mass is 10.2. The Morgan fingerprint density at radius 3 is 1.79 bits per heavy atom. The van der Waals surface area contributed by atoms with Gasteiger partial charge in [0, 0.05) is 13.1 Å². The van der Waals surface area contributed by atoms with Gasteiger partial charge in [-0.3, -0.25) is 5.43 Å². The molecule has 0 rings (SSSR count). The van der Waals surface area contributed by atoms with Crippen LogP contribution in [0.15, 0.2) is 0 Å². The highest BCUT2D eigenvalue weighted by atomic mass is 16.6. The van der Waals surface area contributed by atoms with E-state index in [9.17, 15) is 9.59 Å². The SMILES string of the molecule is CC(C)(C)OC(=O)NCCNNC(=O)OC(C)(C)C. The molecule has 0 fully saturated rings. The molecule has 0 aliphatic carbocycles. The average Bonchev–Trinajstić information content (AvgIpc) is 2.10. The lowest BCUT2D eigenvalue weighted by Crippen LogP contribution is -2.44. The quantitative estimate of drug-likeness (QED) is 0.535. The highest BCUT2D eigenvalue weighted by molar-refractivity contribution is 5.68. The van der Waals surface area contributed by atoms with E-state index in [-0.39, 0.29) is 0 Å². The molecule has 0 unspecified atom stereocenters. The van der Waals surface area contributed by atoms with E-state index in [0.29, 0.717) is 13.1 Å². The van der Waals surface area contributed by atoms with Crippen molar-refractivity contribution >= 4 is 12.2 Å². The Morgan fingerprint density at radius 1 is 0.842 bits per heavy atom. The Hall–Kier alpha value is -1.50. The first-order valence-electron chi connectivity index (χ1n) is 6.18. The number of hydrogen-bond donors (Lipinski definition) is 3. The predicted octanol–water partition coefficient (Wildman–Crippen LogP) is 1.54. The highest BCUT2D eigenvalue weighted by Gasteiger charge is 2.16. The lowest BCUT2D eigenvalue weighted by Gasteiger charge is -2.20. The molecule has 7 nitrogen and oxygen atoms in total. The zero-order chi connectivity index (χ0) is 15.1. The Kier molecular flexibility index (Phi) is 6.61. The Labute approximate surface area is 114 Å². The smallest absolute Gasteiger partial charge is 0.422 e. The molecule has 0 spiro atoms. The first-order chi connectivity index (χ1) is 8.49. The fraction of sp³-hybridized carbons (Fsp3) is 0.833. The number of amides is 2. The number of nitrogens with one attached hydrogen (secondary N) is 3. The summed E-state index contributed by atoms with van der Waals surface area (Å²) < 4.78 is 10.0. The Balaban J connectivity index is 3.61. The molecule has 0 aliphatic heterocycles. The van der Waals surface area contributed by atoms with Gasteiger partial charge >= 0.3 is 12.2 Å². The van der Waals surface area contributed by atoms with Crippen LogP contribution in [0.5, 0.6) is 0 Å². The summed E-state index contributed by atoms with van der Waals surface area (Å²) in [5.41, 5.74) is 3.93. The summed E-state index contributed by atoms with van der Waals surface area (Å²) in [5, 5.41) is 2.55. The van der Waals surface area contributed by atoms with Crippen molar-refractivity contribution in [3.05, 3.63) is 0 Å². The molecule has 0 aliphatic rings. The molecular weight excluding hydrogens is 250 g/mol. The normalized spacial score (nSPS) is 11.7. The maximum absolute atomic E-state index is 11.3. The number of ether oxygens (including phenoxy) is 2. The van der Waals surface area contributed by atoms with Crippen LogP contribution in [0.4, 0.5) is 9.59 Å². The molecule has 0 saturated carbocycles. The minimum atomic E-state index is -0.565. The minimum absolute atomic E-state index is 0.324. The third-order valence-electron chi connectivity index (χ3n) is 1.51. The van der Waals surface area contributed by atoms with Crippen molar-refractivity contribution in [3.63, 3.8) is 0 Å². The molecular formula is C12H25N3O4. The van der Waals surface area contributed by atoms with E-state index in [1.807, 2.05) is 0 Å². The molecule has 0 radical (unpaired) electrons. The van der Waals surface area contributed by atoms with Crippen molar-refractivity contribution in [2.45, 2.75) is 52.7 Å². The van der Waals surface area contributed by atoms with Crippen LogP contribution in [0, 0.1) is 0 Å². The molecule has 7 heteroatoms. The molecule has 0 atom stereocenters. The van der Waals surface area contributed by atoms with Gasteiger partial charge in [0.2, 0.25) is 0 Å². The van der Waals surface area contributed by atoms with Crippen LogP contribution < -0.4 is 16.2 Å². The number of hydrogen-bond acceptors (Lipinski definition) is 5. The molecule has 0 saturated heterocycles. The van der Waals surface area contributed by atoms with Gasteiger partial charge in [-0.15, -0.1) is 0 Å². The molecule has 0 aromatic carbocycles. The van der Waals surface area contributed by atoms with Gasteiger partial charge in [-0.2, -0.15) is 0 Å². The molecule has 3 N–H and O–H groups in total. The van der Waals surface area contributed by atoms with E-state index in [1.165, 1.54) is 0 Å². The van der Waals surface area contributed by atoms with Crippen LogP contribution in [0.25, 0.3) is 0 Å². The Bertz CT molecular complexity index is 275. The fourth-order valence-electron chi connectivity index (χ4n) is 0.980. The number of rotatable bonds is 4. The lowest BCUT2D eigenvalue weighted by molar-refractivity contribution is 0.0497. The molecule has 0 heterocycles. The van der Waals surface area contributed by atoms with Crippen LogP contribution in [0.2, 0.25) is 0 Å². The van der Waals surface area contributed by atoms with Crippen LogP contribution in [-0.2, 0) is 9.47 Å². The number of alkyl carbamates (subject to hydrolysis) is 1. The van der Waals surface area contributed by atoms with E-state index in [1.54, 1.807) is 41.5 Å².